The van der Waals surface area contributed by atoms with E-state index in [9.17, 15) is 19.5 Å². The van der Waals surface area contributed by atoms with E-state index in [4.69, 9.17) is 24.5 Å². The number of likely N-dealkylation sites (tertiary alicyclic amines) is 1. The van der Waals surface area contributed by atoms with Crippen molar-refractivity contribution < 1.29 is 38.4 Å². The van der Waals surface area contributed by atoms with E-state index in [-0.39, 0.29) is 51.8 Å². The van der Waals surface area contributed by atoms with E-state index in [1.54, 1.807) is 11.3 Å². The van der Waals surface area contributed by atoms with E-state index in [1.165, 1.54) is 4.90 Å². The number of aromatic nitrogens is 1. The molecule has 0 unspecified atom stereocenters. The van der Waals surface area contributed by atoms with Gasteiger partial charge >= 0.3 is 0 Å². The summed E-state index contributed by atoms with van der Waals surface area (Å²) in [7, 11) is 0. The first kappa shape index (κ1) is 38.8. The fourth-order valence-corrected chi connectivity index (χ4v) is 5.77. The molecule has 48 heavy (non-hydrogen) atoms. The number of benzene rings is 1. The van der Waals surface area contributed by atoms with Gasteiger partial charge in [-0.3, -0.25) is 14.4 Å². The second kappa shape index (κ2) is 20.0. The molecule has 1 saturated heterocycles. The number of nitrogens with zero attached hydrogens (tertiary/aromatic N) is 5. The van der Waals surface area contributed by atoms with Crippen LogP contribution in [0.3, 0.4) is 0 Å². The zero-order chi connectivity index (χ0) is 34.9. The SMILES string of the molecule is Cc1ncsc1-c1ccc(CNC(=O)[C@@H]2C[C@@H](O)CN2C(=O)[C@@H](NC(=O)COCCOCCOCCOCCN=[N+]=[N-])C(C)(C)C)cc1. The Kier molecular flexibility index (Phi) is 16.2. The maximum atomic E-state index is 13.8. The Morgan fingerprint density at radius 3 is 2.27 bits per heavy atom. The number of nitrogens with one attached hydrogen (secondary N) is 2. The molecule has 1 fully saturated rings. The number of aliphatic hydroxyl groups excluding tert-OH is 1. The molecule has 1 aromatic heterocycles. The maximum absolute atomic E-state index is 13.8. The molecule has 2 aromatic rings. The average molecular weight is 690 g/mol. The maximum Gasteiger partial charge on any atom is 0.246 e. The molecule has 1 aliphatic rings. The topological polar surface area (TPSA) is 197 Å². The highest BCUT2D eigenvalue weighted by Crippen LogP contribution is 2.28. The van der Waals surface area contributed by atoms with Crippen LogP contribution in [0.1, 0.15) is 38.4 Å². The molecule has 2 heterocycles. The largest absolute Gasteiger partial charge is 0.391 e. The Morgan fingerprint density at radius 2 is 1.69 bits per heavy atom. The van der Waals surface area contributed by atoms with Gasteiger partial charge in [-0.15, -0.1) is 11.3 Å². The minimum atomic E-state index is -0.951. The van der Waals surface area contributed by atoms with Crippen molar-refractivity contribution in [3.8, 4) is 10.4 Å². The summed E-state index contributed by atoms with van der Waals surface area (Å²) >= 11 is 1.57. The zero-order valence-corrected chi connectivity index (χ0v) is 28.9. The number of hydrogen-bond donors (Lipinski definition) is 3. The van der Waals surface area contributed by atoms with Gasteiger partial charge in [-0.25, -0.2) is 4.98 Å². The van der Waals surface area contributed by atoms with Crippen LogP contribution >= 0.6 is 11.3 Å². The van der Waals surface area contributed by atoms with Crippen molar-refractivity contribution in [3.05, 3.63) is 51.5 Å². The van der Waals surface area contributed by atoms with E-state index < -0.39 is 35.4 Å². The van der Waals surface area contributed by atoms with Crippen LogP contribution in [0.2, 0.25) is 0 Å². The molecule has 0 saturated carbocycles. The minimum Gasteiger partial charge on any atom is -0.391 e. The van der Waals surface area contributed by atoms with Crippen molar-refractivity contribution in [1.29, 1.82) is 0 Å². The van der Waals surface area contributed by atoms with Crippen LogP contribution in [0.15, 0.2) is 34.9 Å². The number of ether oxygens (including phenoxy) is 4. The molecule has 3 N–H and O–H groups in total. The highest BCUT2D eigenvalue weighted by Gasteiger charge is 2.44. The predicted octanol–water partition coefficient (Wildman–Crippen LogP) is 2.60. The first-order chi connectivity index (χ1) is 23.0. The Hall–Kier alpha value is -3.63. The van der Waals surface area contributed by atoms with Gasteiger partial charge < -0.3 is 39.6 Å². The summed E-state index contributed by atoms with van der Waals surface area (Å²) in [5.41, 5.74) is 12.2. The van der Waals surface area contributed by atoms with Crippen LogP contribution < -0.4 is 10.6 Å². The van der Waals surface area contributed by atoms with Gasteiger partial charge in [-0.05, 0) is 29.0 Å². The number of carbonyl (C=O) groups is 3. The van der Waals surface area contributed by atoms with Gasteiger partial charge in [-0.2, -0.15) is 0 Å². The van der Waals surface area contributed by atoms with E-state index in [2.05, 4.69) is 25.6 Å². The fraction of sp³-hybridized carbons (Fsp3) is 0.625. The van der Waals surface area contributed by atoms with E-state index in [1.807, 2.05) is 57.5 Å². The molecule has 0 aliphatic carbocycles. The number of aryl methyl sites for hydroxylation is 1. The van der Waals surface area contributed by atoms with Crippen LogP contribution in [0.25, 0.3) is 20.9 Å². The molecule has 0 radical (unpaired) electrons. The molecule has 3 atom stereocenters. The quantitative estimate of drug-likeness (QED) is 0.0810. The summed E-state index contributed by atoms with van der Waals surface area (Å²) in [5, 5.41) is 19.5. The number of carbonyl (C=O) groups excluding carboxylic acids is 3. The molecule has 0 spiro atoms. The second-order valence-electron chi connectivity index (χ2n) is 12.3. The number of hydrogen-bond acceptors (Lipinski definition) is 11. The van der Waals surface area contributed by atoms with Gasteiger partial charge in [0.25, 0.3) is 0 Å². The summed E-state index contributed by atoms with van der Waals surface area (Å²) in [6.45, 7) is 9.89. The molecule has 3 amide bonds. The second-order valence-corrected chi connectivity index (χ2v) is 13.1. The van der Waals surface area contributed by atoms with Gasteiger partial charge in [0.1, 0.15) is 18.7 Å². The summed E-state index contributed by atoms with van der Waals surface area (Å²) in [4.78, 5) is 49.2. The van der Waals surface area contributed by atoms with Crippen LogP contribution in [0, 0.1) is 12.3 Å². The van der Waals surface area contributed by atoms with Crippen molar-refractivity contribution >= 4 is 29.1 Å². The lowest BCUT2D eigenvalue weighted by Gasteiger charge is -2.35. The molecule has 264 valence electrons. The fourth-order valence-electron chi connectivity index (χ4n) is 4.96. The Labute approximate surface area is 284 Å². The molecule has 1 aliphatic heterocycles. The van der Waals surface area contributed by atoms with Gasteiger partial charge in [-0.1, -0.05) is 50.2 Å². The van der Waals surface area contributed by atoms with Crippen molar-refractivity contribution in [2.75, 3.05) is 65.9 Å². The van der Waals surface area contributed by atoms with Crippen molar-refractivity contribution in [2.24, 2.45) is 10.5 Å². The highest BCUT2D eigenvalue weighted by molar-refractivity contribution is 7.13. The lowest BCUT2D eigenvalue weighted by Crippen LogP contribution is -2.58. The van der Waals surface area contributed by atoms with Crippen molar-refractivity contribution in [2.45, 2.75) is 58.8 Å². The minimum absolute atomic E-state index is 0.00966. The zero-order valence-electron chi connectivity index (χ0n) is 28.1. The molecule has 0 bridgehead atoms. The van der Waals surface area contributed by atoms with E-state index in [0.29, 0.717) is 33.0 Å². The Bertz CT molecular complexity index is 1360. The molecule has 1 aromatic carbocycles. The monoisotopic (exact) mass is 689 g/mol. The Morgan fingerprint density at radius 1 is 1.06 bits per heavy atom. The van der Waals surface area contributed by atoms with Crippen LogP contribution in [-0.4, -0.2) is 117 Å². The smallest absolute Gasteiger partial charge is 0.246 e. The third-order valence-electron chi connectivity index (χ3n) is 7.46. The molecule has 3 rings (SSSR count). The molecular formula is C32H47N7O8S. The first-order valence-electron chi connectivity index (χ1n) is 15.9. The summed E-state index contributed by atoms with van der Waals surface area (Å²) in [6.07, 6.45) is -0.757. The number of thiazole rings is 1. The summed E-state index contributed by atoms with van der Waals surface area (Å²) < 4.78 is 21.5. The lowest BCUT2D eigenvalue weighted by atomic mass is 9.85. The van der Waals surface area contributed by atoms with Crippen LogP contribution in [0.5, 0.6) is 0 Å². The van der Waals surface area contributed by atoms with Gasteiger partial charge in [0.15, 0.2) is 0 Å². The average Bonchev–Trinajstić information content (AvgIpc) is 3.67. The predicted molar refractivity (Wildman–Crippen MR) is 179 cm³/mol. The van der Waals surface area contributed by atoms with Crippen molar-refractivity contribution in [1.82, 2.24) is 20.5 Å². The summed E-state index contributed by atoms with van der Waals surface area (Å²) in [5.74, 6) is -1.29. The van der Waals surface area contributed by atoms with Gasteiger partial charge in [0.05, 0.1) is 68.4 Å². The van der Waals surface area contributed by atoms with Crippen LogP contribution in [0.4, 0.5) is 0 Å². The number of azide groups is 1. The van der Waals surface area contributed by atoms with Crippen molar-refractivity contribution in [3.63, 3.8) is 0 Å². The van der Waals surface area contributed by atoms with Gasteiger partial charge in [0, 0.05) is 31.0 Å². The highest BCUT2D eigenvalue weighted by atomic mass is 32.1. The normalized spacial score (nSPS) is 16.7. The standard InChI is InChI=1S/C32H47N7O8S/c1-22-28(48-21-35-22)24-7-5-23(6-8-24)18-34-30(42)26-17-25(40)19-39(26)31(43)29(32(2,3)4)37-27(41)20-47-16-15-46-14-13-45-12-11-44-10-9-36-38-33/h5-8,21,25-26,29,40H,9-20H2,1-4H3,(H,34,42)(H,37,41)/t25-,26+,29-/m1/s1. The third kappa shape index (κ3) is 12.8. The lowest BCUT2D eigenvalue weighted by molar-refractivity contribution is -0.144. The summed E-state index contributed by atoms with van der Waals surface area (Å²) in [6, 6.07) is 6.02. The molecular weight excluding hydrogens is 642 g/mol. The van der Waals surface area contributed by atoms with Crippen LogP contribution in [-0.2, 0) is 39.9 Å². The Balaban J connectivity index is 1.41. The number of amides is 3. The molecule has 15 nitrogen and oxygen atoms in total. The number of β-amino-alcohol motifs (C(OH)–C–C–N with tert-alkyl or cyclic N) is 1. The van der Waals surface area contributed by atoms with E-state index >= 15 is 0 Å². The third-order valence-corrected chi connectivity index (χ3v) is 8.44. The first-order valence-corrected chi connectivity index (χ1v) is 16.8. The number of aliphatic hydroxyl groups is 1. The van der Waals surface area contributed by atoms with Gasteiger partial charge in [0.2, 0.25) is 17.7 Å². The van der Waals surface area contributed by atoms with E-state index in [0.717, 1.165) is 21.7 Å². The number of rotatable bonds is 20. The molecule has 16 heteroatoms.